The lowest BCUT2D eigenvalue weighted by atomic mass is 9.60. The summed E-state index contributed by atoms with van der Waals surface area (Å²) in [5.41, 5.74) is 20.9. The maximum Gasteiger partial charge on any atom is 0.179 e. The first-order chi connectivity index (χ1) is 38.6. The van der Waals surface area contributed by atoms with Crippen molar-refractivity contribution in [2.75, 3.05) is 0 Å². The van der Waals surface area contributed by atoms with Gasteiger partial charge in [-0.2, -0.15) is 0 Å². The monoisotopic (exact) mass is 1010 g/mol. The predicted molar refractivity (Wildman–Crippen MR) is 329 cm³/mol. The van der Waals surface area contributed by atoms with E-state index in [0.29, 0.717) is 0 Å². The Morgan fingerprint density at radius 3 is 1.60 bits per heavy atom. The van der Waals surface area contributed by atoms with Gasteiger partial charge in [-0.05, 0) is 137 Å². The molecule has 0 saturated heterocycles. The number of hydrogen-bond donors (Lipinski definition) is 0. The van der Waals surface area contributed by atoms with E-state index in [1.54, 1.807) is 0 Å². The van der Waals surface area contributed by atoms with Crippen LogP contribution in [0.5, 0.6) is 0 Å². The number of para-hydroxylation sites is 2. The third kappa shape index (κ3) is 6.95. The van der Waals surface area contributed by atoms with Crippen LogP contribution in [0.2, 0.25) is 0 Å². The van der Waals surface area contributed by atoms with Crippen LogP contribution in [0.1, 0.15) is 41.0 Å². The van der Waals surface area contributed by atoms with Gasteiger partial charge in [-0.15, -0.1) is 0 Å². The topological polar surface area (TPSA) is 18.1 Å². The van der Waals surface area contributed by atoms with Crippen molar-refractivity contribution in [3.63, 3.8) is 0 Å². The molecule has 368 valence electrons. The summed E-state index contributed by atoms with van der Waals surface area (Å²) in [5, 5.41) is 10.1. The smallest absolute Gasteiger partial charge is 0.179 e. The summed E-state index contributed by atoms with van der Waals surface area (Å²) in [5.74, 6) is -0.0625. The Morgan fingerprint density at radius 2 is 0.936 bits per heavy atom. The lowest BCUT2D eigenvalue weighted by Gasteiger charge is -2.48. The molecule has 0 N–H and O–H groups in total. The molecule has 2 unspecified atom stereocenters. The van der Waals surface area contributed by atoms with Crippen molar-refractivity contribution in [1.82, 2.24) is 4.57 Å². The quantitative estimate of drug-likeness (QED) is 0.0758. The number of nitrogens with zero attached hydrogens (tertiary/aromatic N) is 1. The molecule has 16 rings (SSSR count). The van der Waals surface area contributed by atoms with Crippen LogP contribution in [-0.2, 0) is 0 Å². The summed E-state index contributed by atoms with van der Waals surface area (Å²) in [6.45, 7) is 7.03. The largest absolute Gasteiger partial charge is 0.456 e. The van der Waals surface area contributed by atoms with E-state index < -0.39 is 8.07 Å². The van der Waals surface area contributed by atoms with Gasteiger partial charge in [-0.3, -0.25) is 0 Å². The molecular weight excluding hydrogens is 959 g/mol. The standard InChI is InChI=1S/C75H53NOSi/c1-3-23-71(78(56-28-12-6-13-29-56,57-30-14-7-15-31-57)58-45-54(50-24-8-4-9-25-50)44-55(46-58)51-26-10-5-11-27-51)73-49(2)72-61-34-16-17-35-62(61)75(73)74-63(72)36-22-38-68(74)76-66-37-20-18-32-59(66)64-47-52(40-42-67(64)76)53-41-43-70-65(48-53)60-33-19-21-39-69(60)77-70/h3-48,72,75H,1H2,2H3/b71-23+. The van der Waals surface area contributed by atoms with E-state index in [1.165, 1.54) is 115 Å². The van der Waals surface area contributed by atoms with Crippen molar-refractivity contribution in [2.24, 2.45) is 0 Å². The van der Waals surface area contributed by atoms with Gasteiger partial charge in [0.1, 0.15) is 11.2 Å². The van der Waals surface area contributed by atoms with Crippen molar-refractivity contribution >= 4 is 67.4 Å². The molecule has 2 nitrogen and oxygen atoms in total. The Morgan fingerprint density at radius 1 is 0.410 bits per heavy atom. The number of aromatic nitrogens is 1. The molecule has 13 aromatic rings. The number of furan rings is 1. The Balaban J connectivity index is 0.992. The van der Waals surface area contributed by atoms with Gasteiger partial charge in [0, 0.05) is 33.4 Å². The molecule has 3 aliphatic rings. The van der Waals surface area contributed by atoms with E-state index in [0.717, 1.165) is 21.9 Å². The van der Waals surface area contributed by atoms with Crippen LogP contribution in [0, 0.1) is 0 Å². The van der Waals surface area contributed by atoms with Gasteiger partial charge in [0.25, 0.3) is 0 Å². The Hall–Kier alpha value is -9.54. The summed E-state index contributed by atoms with van der Waals surface area (Å²) in [7, 11) is -3.33. The van der Waals surface area contributed by atoms with Gasteiger partial charge in [-0.25, -0.2) is 0 Å². The van der Waals surface area contributed by atoms with Crippen molar-refractivity contribution < 1.29 is 4.42 Å². The molecule has 0 amide bonds. The number of benzene rings is 11. The summed E-state index contributed by atoms with van der Waals surface area (Å²) in [6.07, 6.45) is 4.49. The summed E-state index contributed by atoms with van der Waals surface area (Å²) in [4.78, 5) is 0. The van der Waals surface area contributed by atoms with Gasteiger partial charge in [0.2, 0.25) is 0 Å². The third-order valence-corrected chi connectivity index (χ3v) is 21.9. The second-order valence-electron chi connectivity index (χ2n) is 21.1. The molecule has 3 heteroatoms. The Bertz CT molecular complexity index is 4480. The van der Waals surface area contributed by atoms with Crippen molar-refractivity contribution in [3.8, 4) is 39.1 Å². The summed E-state index contributed by atoms with van der Waals surface area (Å²) < 4.78 is 8.84. The van der Waals surface area contributed by atoms with E-state index in [2.05, 4.69) is 291 Å². The van der Waals surface area contributed by atoms with E-state index in [9.17, 15) is 0 Å². The zero-order valence-corrected chi connectivity index (χ0v) is 44.3. The lowest BCUT2D eigenvalue weighted by Crippen LogP contribution is -2.69. The van der Waals surface area contributed by atoms with Crippen LogP contribution < -0.4 is 15.6 Å². The Labute approximate surface area is 455 Å². The number of rotatable bonds is 10. The molecule has 0 saturated carbocycles. The maximum absolute atomic E-state index is 6.27. The molecule has 0 spiro atoms. The van der Waals surface area contributed by atoms with Gasteiger partial charge < -0.3 is 8.98 Å². The highest BCUT2D eigenvalue weighted by Crippen LogP contribution is 2.59. The molecule has 0 fully saturated rings. The second-order valence-corrected chi connectivity index (χ2v) is 24.9. The SMILES string of the molecule is C=C/C=C(\C1=C(C)C2c3ccccc3C1c1c2cccc1-n1c2ccccc2c2cc(-c3ccc4oc5ccccc5c4c3)ccc21)[Si](c1ccccc1)(c1ccccc1)c1cc(-c2ccccc2)cc(-c2ccccc2)c1. The van der Waals surface area contributed by atoms with Gasteiger partial charge >= 0.3 is 0 Å². The summed E-state index contributed by atoms with van der Waals surface area (Å²) in [6, 6.07) is 99.6. The average Bonchev–Trinajstić information content (AvgIpc) is 4.18. The van der Waals surface area contributed by atoms with Crippen LogP contribution in [-0.4, -0.2) is 12.6 Å². The molecule has 2 heterocycles. The highest BCUT2D eigenvalue weighted by Gasteiger charge is 2.51. The maximum atomic E-state index is 6.27. The zero-order valence-electron chi connectivity index (χ0n) is 43.3. The molecule has 3 aliphatic carbocycles. The normalized spacial score (nSPS) is 15.1. The fourth-order valence-corrected chi connectivity index (χ4v) is 19.0. The van der Waals surface area contributed by atoms with E-state index >= 15 is 0 Å². The summed E-state index contributed by atoms with van der Waals surface area (Å²) >= 11 is 0. The average molecular weight is 1010 g/mol. The zero-order chi connectivity index (χ0) is 51.9. The minimum absolute atomic E-state index is 0.0340. The van der Waals surface area contributed by atoms with Crippen LogP contribution in [0.3, 0.4) is 0 Å². The van der Waals surface area contributed by atoms with Gasteiger partial charge in [0.05, 0.1) is 16.7 Å². The Kier molecular flexibility index (Phi) is 10.8. The van der Waals surface area contributed by atoms with Crippen LogP contribution in [0.4, 0.5) is 0 Å². The molecule has 2 aromatic heterocycles. The highest BCUT2D eigenvalue weighted by molar-refractivity contribution is 7.16. The van der Waals surface area contributed by atoms with E-state index in [4.69, 9.17) is 4.42 Å². The molecule has 2 bridgehead atoms. The first-order valence-corrected chi connectivity index (χ1v) is 29.2. The fourth-order valence-electron chi connectivity index (χ4n) is 13.8. The fraction of sp³-hybridized carbons (Fsp3) is 0.0400. The van der Waals surface area contributed by atoms with E-state index in [1.807, 2.05) is 6.07 Å². The van der Waals surface area contributed by atoms with Crippen molar-refractivity contribution in [1.29, 1.82) is 0 Å². The molecular formula is C75H53NOSi. The minimum Gasteiger partial charge on any atom is -0.456 e. The first-order valence-electron chi connectivity index (χ1n) is 27.2. The van der Waals surface area contributed by atoms with Crippen LogP contribution in [0.15, 0.2) is 306 Å². The number of fused-ring (bicyclic) bond motifs is 6. The molecule has 2 atom stereocenters. The third-order valence-electron chi connectivity index (χ3n) is 17.1. The van der Waals surface area contributed by atoms with Gasteiger partial charge in [0.15, 0.2) is 8.07 Å². The van der Waals surface area contributed by atoms with E-state index in [-0.39, 0.29) is 11.8 Å². The predicted octanol–water partition coefficient (Wildman–Crippen LogP) is 17.4. The molecule has 0 radical (unpaired) electrons. The van der Waals surface area contributed by atoms with Gasteiger partial charge in [-0.1, -0.05) is 243 Å². The number of hydrogen-bond acceptors (Lipinski definition) is 1. The molecule has 11 aromatic carbocycles. The van der Waals surface area contributed by atoms with Crippen LogP contribution in [0.25, 0.3) is 82.8 Å². The van der Waals surface area contributed by atoms with Crippen molar-refractivity contribution in [3.05, 3.63) is 324 Å². The highest BCUT2D eigenvalue weighted by atomic mass is 28.3. The van der Waals surface area contributed by atoms with Crippen molar-refractivity contribution in [2.45, 2.75) is 18.8 Å². The number of allylic oxidation sites excluding steroid dienone is 5. The minimum atomic E-state index is -3.33. The first kappa shape index (κ1) is 45.8. The second kappa shape index (κ2) is 18.3. The van der Waals surface area contributed by atoms with Crippen LogP contribution >= 0.6 is 0 Å². The lowest BCUT2D eigenvalue weighted by molar-refractivity contribution is 0.669. The molecule has 0 aliphatic heterocycles. The molecule has 78 heavy (non-hydrogen) atoms.